The number of aliphatic imine (C=N–C) groups is 2. The van der Waals surface area contributed by atoms with Gasteiger partial charge in [-0.15, -0.1) is 0 Å². The molecule has 21 heavy (non-hydrogen) atoms. The third kappa shape index (κ3) is 2.24. The maximum absolute atomic E-state index is 10.1. The minimum Gasteiger partial charge on any atom is -0.508 e. The Balaban J connectivity index is 2.13. The Morgan fingerprint density at radius 2 is 1.81 bits per heavy atom. The van der Waals surface area contributed by atoms with Crippen molar-refractivity contribution in [3.8, 4) is 11.5 Å². The number of nitrogens with zero attached hydrogens (tertiary/aromatic N) is 3. The fraction of sp³-hybridized carbons (Fsp3) is 0.429. The van der Waals surface area contributed by atoms with Gasteiger partial charge in [-0.25, -0.2) is 4.99 Å². The van der Waals surface area contributed by atoms with Crippen molar-refractivity contribution in [1.29, 1.82) is 0 Å². The van der Waals surface area contributed by atoms with Crippen LogP contribution in [-0.4, -0.2) is 27.8 Å². The molecule has 1 aliphatic carbocycles. The number of phenolic OH excluding ortho intramolecular Hbond substituents is 2. The molecule has 0 bridgehead atoms. The van der Waals surface area contributed by atoms with E-state index in [2.05, 4.69) is 9.98 Å². The summed E-state index contributed by atoms with van der Waals surface area (Å²) in [4.78, 5) is 10.2. The van der Waals surface area contributed by atoms with Crippen molar-refractivity contribution >= 4 is 17.6 Å². The summed E-state index contributed by atoms with van der Waals surface area (Å²) >= 11 is 0. The van der Waals surface area contributed by atoms with Crippen LogP contribution < -0.4 is 16.4 Å². The lowest BCUT2D eigenvalue weighted by atomic mass is 9.87. The zero-order chi connectivity index (χ0) is 15.0. The molecule has 112 valence electrons. The first-order valence-corrected chi connectivity index (χ1v) is 7.03. The summed E-state index contributed by atoms with van der Waals surface area (Å²) in [6, 6.07) is 4.31. The molecule has 1 aromatic rings. The number of nitrogens with two attached hydrogens (primary N) is 2. The summed E-state index contributed by atoms with van der Waals surface area (Å²) in [6.07, 6.45) is 4.69. The van der Waals surface area contributed by atoms with Crippen LogP contribution in [0.4, 0.5) is 5.69 Å². The summed E-state index contributed by atoms with van der Waals surface area (Å²) < 4.78 is 0. The molecule has 3 rings (SSSR count). The predicted octanol–water partition coefficient (Wildman–Crippen LogP) is 1.21. The molecule has 1 spiro atoms. The number of hydrogen-bond acceptors (Lipinski definition) is 7. The number of hydrogen-bond donors (Lipinski definition) is 4. The van der Waals surface area contributed by atoms with Gasteiger partial charge in [0.1, 0.15) is 17.2 Å². The molecule has 1 aliphatic heterocycles. The van der Waals surface area contributed by atoms with Crippen molar-refractivity contribution in [2.45, 2.75) is 37.8 Å². The average Bonchev–Trinajstić information content (AvgIpc) is 2.42. The van der Waals surface area contributed by atoms with E-state index in [1.807, 2.05) is 0 Å². The van der Waals surface area contributed by atoms with Gasteiger partial charge in [0.25, 0.3) is 0 Å². The van der Waals surface area contributed by atoms with E-state index in [1.165, 1.54) is 18.2 Å². The highest BCUT2D eigenvalue weighted by atomic mass is 16.3. The van der Waals surface area contributed by atoms with Crippen LogP contribution >= 0.6 is 0 Å². The van der Waals surface area contributed by atoms with Crippen molar-refractivity contribution in [3.63, 3.8) is 0 Å². The summed E-state index contributed by atoms with van der Waals surface area (Å²) in [5, 5.41) is 19.9. The van der Waals surface area contributed by atoms with Crippen molar-refractivity contribution in [1.82, 2.24) is 0 Å². The molecule has 0 atom stereocenters. The quantitative estimate of drug-likeness (QED) is 0.579. The molecule has 1 fully saturated rings. The van der Waals surface area contributed by atoms with E-state index in [1.54, 1.807) is 4.90 Å². The van der Waals surface area contributed by atoms with E-state index in [-0.39, 0.29) is 23.4 Å². The molecule has 6 N–H and O–H groups in total. The molecular weight excluding hydrogens is 270 g/mol. The largest absolute Gasteiger partial charge is 0.508 e. The van der Waals surface area contributed by atoms with E-state index in [4.69, 9.17) is 11.5 Å². The van der Waals surface area contributed by atoms with Gasteiger partial charge in [-0.05, 0) is 37.8 Å². The van der Waals surface area contributed by atoms with Crippen LogP contribution in [0.15, 0.2) is 28.2 Å². The molecule has 0 unspecified atom stereocenters. The first-order chi connectivity index (χ1) is 10.0. The van der Waals surface area contributed by atoms with Crippen molar-refractivity contribution in [3.05, 3.63) is 18.2 Å². The molecule has 1 aromatic carbocycles. The Hall–Kier alpha value is -2.44. The molecule has 0 radical (unpaired) electrons. The van der Waals surface area contributed by atoms with Gasteiger partial charge in [0.15, 0.2) is 0 Å². The van der Waals surface area contributed by atoms with Gasteiger partial charge in [0.2, 0.25) is 11.9 Å². The fourth-order valence-corrected chi connectivity index (χ4v) is 3.16. The topological polar surface area (TPSA) is 120 Å². The Labute approximate surface area is 122 Å². The molecule has 0 amide bonds. The highest BCUT2D eigenvalue weighted by Gasteiger charge is 2.43. The van der Waals surface area contributed by atoms with E-state index in [0.717, 1.165) is 32.1 Å². The SMILES string of the molecule is NC1=NC2(CCCCC2)N(c2cc(O)ccc2O)C(N)=N1. The van der Waals surface area contributed by atoms with E-state index < -0.39 is 5.66 Å². The van der Waals surface area contributed by atoms with Crippen LogP contribution in [0.3, 0.4) is 0 Å². The van der Waals surface area contributed by atoms with Crippen LogP contribution in [-0.2, 0) is 0 Å². The van der Waals surface area contributed by atoms with Gasteiger partial charge in [-0.1, -0.05) is 6.42 Å². The minimum absolute atomic E-state index is 0.0200. The van der Waals surface area contributed by atoms with Crippen LogP contribution in [0.5, 0.6) is 11.5 Å². The second-order valence-corrected chi connectivity index (χ2v) is 5.49. The monoisotopic (exact) mass is 289 g/mol. The highest BCUT2D eigenvalue weighted by molar-refractivity contribution is 6.06. The van der Waals surface area contributed by atoms with E-state index >= 15 is 0 Å². The Morgan fingerprint density at radius 1 is 1.10 bits per heavy atom. The lowest BCUT2D eigenvalue weighted by molar-refractivity contribution is 0.303. The van der Waals surface area contributed by atoms with Crippen LogP contribution in [0.2, 0.25) is 0 Å². The lowest BCUT2D eigenvalue weighted by Crippen LogP contribution is -2.58. The van der Waals surface area contributed by atoms with Crippen molar-refractivity contribution in [2.75, 3.05) is 4.90 Å². The fourth-order valence-electron chi connectivity index (χ4n) is 3.16. The lowest BCUT2D eigenvalue weighted by Gasteiger charge is -2.45. The molecule has 7 nitrogen and oxygen atoms in total. The van der Waals surface area contributed by atoms with Crippen LogP contribution in [0.25, 0.3) is 0 Å². The van der Waals surface area contributed by atoms with Crippen molar-refractivity contribution < 1.29 is 10.2 Å². The van der Waals surface area contributed by atoms with Crippen LogP contribution in [0.1, 0.15) is 32.1 Å². The van der Waals surface area contributed by atoms with Gasteiger partial charge < -0.3 is 21.7 Å². The molecule has 2 aliphatic rings. The van der Waals surface area contributed by atoms with Gasteiger partial charge in [-0.3, -0.25) is 4.90 Å². The molecule has 1 heterocycles. The number of benzene rings is 1. The summed E-state index contributed by atoms with van der Waals surface area (Å²) in [5.74, 6) is 0.409. The van der Waals surface area contributed by atoms with Crippen LogP contribution in [0, 0.1) is 0 Å². The average molecular weight is 289 g/mol. The Kier molecular flexibility index (Phi) is 3.12. The normalized spacial score (nSPS) is 21.0. The molecule has 0 saturated heterocycles. The summed E-state index contributed by atoms with van der Waals surface area (Å²) in [5.41, 5.74) is 11.6. The zero-order valence-electron chi connectivity index (χ0n) is 11.7. The second kappa shape index (κ2) is 4.83. The highest BCUT2D eigenvalue weighted by Crippen LogP contribution is 2.43. The van der Waals surface area contributed by atoms with Gasteiger partial charge in [0.05, 0.1) is 5.69 Å². The van der Waals surface area contributed by atoms with E-state index in [9.17, 15) is 10.2 Å². The molecule has 1 saturated carbocycles. The molecule has 7 heteroatoms. The molecule has 0 aromatic heterocycles. The molecular formula is C14H19N5O2. The smallest absolute Gasteiger partial charge is 0.220 e. The van der Waals surface area contributed by atoms with Crippen molar-refractivity contribution in [2.24, 2.45) is 21.5 Å². The number of anilines is 1. The number of aromatic hydroxyl groups is 2. The zero-order valence-corrected chi connectivity index (χ0v) is 11.7. The minimum atomic E-state index is -0.626. The predicted molar refractivity (Wildman–Crippen MR) is 81.3 cm³/mol. The second-order valence-electron chi connectivity index (χ2n) is 5.49. The van der Waals surface area contributed by atoms with E-state index in [0.29, 0.717) is 5.69 Å². The summed E-state index contributed by atoms with van der Waals surface area (Å²) in [7, 11) is 0. The third-order valence-electron chi connectivity index (χ3n) is 4.05. The summed E-state index contributed by atoms with van der Waals surface area (Å²) in [6.45, 7) is 0. The first kappa shape index (κ1) is 13.5. The standard InChI is InChI=1S/C14H19N5O2/c15-12-17-13(16)19(10-8-9(20)4-5-11(10)21)14(18-12)6-2-1-3-7-14/h4-5,8,20-21H,1-3,6-7H2,(H4,15,16,17,18). The maximum Gasteiger partial charge on any atom is 0.220 e. The number of guanidine groups is 2. The Bertz CT molecular complexity index is 620. The number of rotatable bonds is 1. The maximum atomic E-state index is 10.1. The number of phenols is 2. The van der Waals surface area contributed by atoms with Gasteiger partial charge >= 0.3 is 0 Å². The van der Waals surface area contributed by atoms with Gasteiger partial charge in [-0.2, -0.15) is 4.99 Å². The third-order valence-corrected chi connectivity index (χ3v) is 4.05. The Morgan fingerprint density at radius 3 is 2.52 bits per heavy atom. The first-order valence-electron chi connectivity index (χ1n) is 7.03. The van der Waals surface area contributed by atoms with Gasteiger partial charge in [0, 0.05) is 6.07 Å².